The molecule has 0 heterocycles. The summed E-state index contributed by atoms with van der Waals surface area (Å²) in [6.45, 7) is 6.44. The molecule has 0 bridgehead atoms. The number of unbranched alkanes of at least 4 members (excludes halogenated alkanes) is 31. The molecule has 0 aliphatic carbocycles. The Bertz CT molecular complexity index is 1310. The summed E-state index contributed by atoms with van der Waals surface area (Å²) in [5.41, 5.74) is 0. The lowest BCUT2D eigenvalue weighted by atomic mass is 10.0. The lowest BCUT2D eigenvalue weighted by molar-refractivity contribution is -0.167. The third kappa shape index (κ3) is 55.8. The minimum Gasteiger partial charge on any atom is -0.462 e. The van der Waals surface area contributed by atoms with Gasteiger partial charge in [-0.3, -0.25) is 14.4 Å². The van der Waals surface area contributed by atoms with Crippen LogP contribution >= 0.6 is 0 Å². The second kappa shape index (κ2) is 58.4. The zero-order chi connectivity index (χ0) is 50.7. The molecular formula is C64H112O6. The third-order valence-electron chi connectivity index (χ3n) is 12.9. The molecule has 0 saturated heterocycles. The minimum absolute atomic E-state index is 0.0763. The Morgan fingerprint density at radius 1 is 0.300 bits per heavy atom. The van der Waals surface area contributed by atoms with Crippen LogP contribution in [0.1, 0.15) is 297 Å². The van der Waals surface area contributed by atoms with E-state index < -0.39 is 6.10 Å². The molecule has 0 radical (unpaired) electrons. The molecule has 6 nitrogen and oxygen atoms in total. The molecule has 404 valence electrons. The molecule has 1 unspecified atom stereocenters. The first-order chi connectivity index (χ1) is 34.5. The van der Waals surface area contributed by atoms with Crippen LogP contribution in [0.5, 0.6) is 0 Å². The van der Waals surface area contributed by atoms with Crippen molar-refractivity contribution in [3.8, 4) is 0 Å². The van der Waals surface area contributed by atoms with Crippen LogP contribution in [0.25, 0.3) is 0 Å². The fraction of sp³-hybridized carbons (Fsp3) is 0.766. The Kier molecular flexibility index (Phi) is 55.8. The minimum atomic E-state index is -0.774. The molecule has 6 heteroatoms. The molecule has 0 spiro atoms. The Morgan fingerprint density at radius 3 is 0.886 bits per heavy atom. The lowest BCUT2D eigenvalue weighted by Gasteiger charge is -2.18. The number of carbonyl (C=O) groups is 3. The van der Waals surface area contributed by atoms with E-state index >= 15 is 0 Å². The van der Waals surface area contributed by atoms with Gasteiger partial charge in [0.25, 0.3) is 0 Å². The molecule has 70 heavy (non-hydrogen) atoms. The van der Waals surface area contributed by atoms with Crippen molar-refractivity contribution in [1.82, 2.24) is 0 Å². The van der Waals surface area contributed by atoms with Crippen molar-refractivity contribution in [1.29, 1.82) is 0 Å². The largest absolute Gasteiger partial charge is 0.462 e. The zero-order valence-corrected chi connectivity index (χ0v) is 46.3. The summed E-state index contributed by atoms with van der Waals surface area (Å²) < 4.78 is 16.7. The van der Waals surface area contributed by atoms with Crippen molar-refractivity contribution < 1.29 is 28.6 Å². The van der Waals surface area contributed by atoms with Gasteiger partial charge >= 0.3 is 17.9 Å². The summed E-state index contributed by atoms with van der Waals surface area (Å²) in [5.74, 6) is -0.889. The molecule has 0 aliphatic heterocycles. The number of hydrogen-bond donors (Lipinski definition) is 0. The van der Waals surface area contributed by atoms with Crippen molar-refractivity contribution in [3.63, 3.8) is 0 Å². The predicted molar refractivity (Wildman–Crippen MR) is 302 cm³/mol. The van der Waals surface area contributed by atoms with Crippen molar-refractivity contribution in [3.05, 3.63) is 72.9 Å². The summed E-state index contributed by atoms with van der Waals surface area (Å²) in [6.07, 6.45) is 75.2. The van der Waals surface area contributed by atoms with Crippen molar-refractivity contribution >= 4 is 17.9 Å². The Hall–Kier alpha value is -3.15. The van der Waals surface area contributed by atoms with E-state index in [9.17, 15) is 14.4 Å². The maximum Gasteiger partial charge on any atom is 0.306 e. The molecular weight excluding hydrogens is 865 g/mol. The average Bonchev–Trinajstić information content (AvgIpc) is 3.36. The van der Waals surface area contributed by atoms with E-state index in [4.69, 9.17) is 14.2 Å². The van der Waals surface area contributed by atoms with Crippen LogP contribution in [-0.2, 0) is 28.6 Å². The molecule has 0 aromatic heterocycles. The van der Waals surface area contributed by atoms with Crippen LogP contribution < -0.4 is 0 Å². The Balaban J connectivity index is 4.01. The number of carbonyl (C=O) groups excluding carboxylic acids is 3. The second-order valence-corrected chi connectivity index (χ2v) is 19.9. The van der Waals surface area contributed by atoms with Gasteiger partial charge in [-0.25, -0.2) is 0 Å². The first-order valence-corrected chi connectivity index (χ1v) is 29.9. The molecule has 0 rings (SSSR count). The van der Waals surface area contributed by atoms with E-state index in [1.165, 1.54) is 154 Å². The topological polar surface area (TPSA) is 78.9 Å². The van der Waals surface area contributed by atoms with Gasteiger partial charge in [-0.1, -0.05) is 261 Å². The van der Waals surface area contributed by atoms with Crippen LogP contribution in [0.3, 0.4) is 0 Å². The second-order valence-electron chi connectivity index (χ2n) is 19.9. The molecule has 0 amide bonds. The van der Waals surface area contributed by atoms with Crippen LogP contribution in [0, 0.1) is 0 Å². The van der Waals surface area contributed by atoms with Gasteiger partial charge in [-0.2, -0.15) is 0 Å². The summed E-state index contributed by atoms with van der Waals surface area (Å²) in [5, 5.41) is 0. The highest BCUT2D eigenvalue weighted by Crippen LogP contribution is 2.16. The van der Waals surface area contributed by atoms with E-state index in [0.29, 0.717) is 19.3 Å². The van der Waals surface area contributed by atoms with Gasteiger partial charge in [0.2, 0.25) is 0 Å². The van der Waals surface area contributed by atoms with Crippen molar-refractivity contribution in [2.45, 2.75) is 303 Å². The Morgan fingerprint density at radius 2 is 0.557 bits per heavy atom. The van der Waals surface area contributed by atoms with E-state index in [0.717, 1.165) is 103 Å². The van der Waals surface area contributed by atoms with Gasteiger partial charge in [0, 0.05) is 19.3 Å². The smallest absolute Gasteiger partial charge is 0.306 e. The molecule has 1 atom stereocenters. The normalized spacial score (nSPS) is 12.6. The maximum absolute atomic E-state index is 12.8. The van der Waals surface area contributed by atoms with Gasteiger partial charge in [-0.05, 0) is 89.9 Å². The monoisotopic (exact) mass is 977 g/mol. The molecule has 0 aliphatic rings. The predicted octanol–water partition coefficient (Wildman–Crippen LogP) is 20.2. The van der Waals surface area contributed by atoms with Crippen LogP contribution in [0.15, 0.2) is 72.9 Å². The van der Waals surface area contributed by atoms with E-state index in [-0.39, 0.29) is 31.1 Å². The first-order valence-electron chi connectivity index (χ1n) is 29.9. The van der Waals surface area contributed by atoms with Gasteiger partial charge in [0.15, 0.2) is 6.10 Å². The lowest BCUT2D eigenvalue weighted by Crippen LogP contribution is -2.30. The van der Waals surface area contributed by atoms with Gasteiger partial charge in [0.1, 0.15) is 13.2 Å². The van der Waals surface area contributed by atoms with Crippen LogP contribution in [0.4, 0.5) is 0 Å². The maximum atomic E-state index is 12.8. The van der Waals surface area contributed by atoms with Gasteiger partial charge < -0.3 is 14.2 Å². The quantitative estimate of drug-likeness (QED) is 0.0261. The van der Waals surface area contributed by atoms with Crippen molar-refractivity contribution in [2.24, 2.45) is 0 Å². The molecule has 0 fully saturated rings. The summed E-state index contributed by atoms with van der Waals surface area (Å²) in [6, 6.07) is 0. The molecule has 0 aromatic carbocycles. The van der Waals surface area contributed by atoms with E-state index in [1.54, 1.807) is 0 Å². The summed E-state index contributed by atoms with van der Waals surface area (Å²) in [7, 11) is 0. The number of esters is 3. The van der Waals surface area contributed by atoms with E-state index in [1.807, 2.05) is 0 Å². The number of allylic oxidation sites excluding steroid dienone is 12. The molecule has 0 saturated carbocycles. The van der Waals surface area contributed by atoms with Crippen LogP contribution in [-0.4, -0.2) is 37.2 Å². The fourth-order valence-corrected chi connectivity index (χ4v) is 8.47. The highest BCUT2D eigenvalue weighted by atomic mass is 16.6. The van der Waals surface area contributed by atoms with Gasteiger partial charge in [-0.15, -0.1) is 0 Å². The van der Waals surface area contributed by atoms with E-state index in [2.05, 4.69) is 93.7 Å². The number of ether oxygens (including phenoxy) is 3. The SMILES string of the molecule is CC/C=C\C/C=C\C/C=C\C/C=C\CCCCCCCCCCCCCCCCCCC(=O)OCC(COC(=O)CCCCCCC)OC(=O)CCCCCCCCC/C=C\C/C=C\CCCCCC. The number of hydrogen-bond acceptors (Lipinski definition) is 6. The van der Waals surface area contributed by atoms with Crippen molar-refractivity contribution in [2.75, 3.05) is 13.2 Å². The summed E-state index contributed by atoms with van der Waals surface area (Å²) >= 11 is 0. The average molecular weight is 978 g/mol. The molecule has 0 N–H and O–H groups in total. The zero-order valence-electron chi connectivity index (χ0n) is 46.3. The number of rotatable bonds is 54. The fourth-order valence-electron chi connectivity index (χ4n) is 8.47. The highest BCUT2D eigenvalue weighted by Gasteiger charge is 2.19. The summed E-state index contributed by atoms with van der Waals surface area (Å²) in [4.78, 5) is 37.8. The first kappa shape index (κ1) is 66.9. The molecule has 0 aromatic rings. The standard InChI is InChI=1S/C64H112O6/c1-4-7-10-13-15-17-19-21-23-25-27-28-29-30-31-32-33-34-35-36-37-39-40-42-44-46-48-51-54-57-63(66)69-60-61(59-68-62(65)56-53-50-12-9-6-3)70-64(67)58-55-52-49-47-45-43-41-38-26-24-22-20-18-16-14-11-8-5-2/h7,10,15,17-18,20-21,23-24,26-28,61H,4-6,8-9,11-14,16,19,22,25,29-60H2,1-3H3/b10-7-,17-15-,20-18-,23-21-,26-24-,28-27-. The van der Waals surface area contributed by atoms with Crippen LogP contribution in [0.2, 0.25) is 0 Å². The van der Waals surface area contributed by atoms with Gasteiger partial charge in [0.05, 0.1) is 0 Å². The third-order valence-corrected chi connectivity index (χ3v) is 12.9. The Labute approximate surface area is 433 Å². The highest BCUT2D eigenvalue weighted by molar-refractivity contribution is 5.71.